The monoisotopic (exact) mass is 376 g/mol. The molecule has 0 fully saturated rings. The predicted molar refractivity (Wildman–Crippen MR) is 107 cm³/mol. The van der Waals surface area contributed by atoms with Crippen molar-refractivity contribution in [3.05, 3.63) is 58.9 Å². The van der Waals surface area contributed by atoms with Crippen LogP contribution in [0.25, 0.3) is 21.9 Å². The van der Waals surface area contributed by atoms with E-state index in [1.807, 2.05) is 30.7 Å². The molecule has 0 atom stereocenters. The van der Waals surface area contributed by atoms with Crippen LogP contribution in [0.15, 0.2) is 47.5 Å². The van der Waals surface area contributed by atoms with Crippen LogP contribution < -0.4 is 10.9 Å². The summed E-state index contributed by atoms with van der Waals surface area (Å²) in [5.74, 6) is 0.172. The summed E-state index contributed by atoms with van der Waals surface area (Å²) in [5, 5.41) is 8.45. The van der Waals surface area contributed by atoms with Crippen LogP contribution in [0.5, 0.6) is 0 Å². The fraction of sp³-hybridized carbons (Fsp3) is 0.250. The van der Waals surface area contributed by atoms with Crippen molar-refractivity contribution < 1.29 is 4.79 Å². The van der Waals surface area contributed by atoms with Crippen molar-refractivity contribution in [2.24, 2.45) is 0 Å². The lowest BCUT2D eigenvalue weighted by atomic mass is 10.2. The molecule has 0 spiro atoms. The molecule has 0 aliphatic rings. The van der Waals surface area contributed by atoms with Gasteiger partial charge in [-0.1, -0.05) is 12.1 Å². The van der Waals surface area contributed by atoms with Gasteiger partial charge in [0.05, 0.1) is 29.0 Å². The van der Waals surface area contributed by atoms with Crippen LogP contribution in [0.4, 0.5) is 5.69 Å². The molecule has 28 heavy (non-hydrogen) atoms. The van der Waals surface area contributed by atoms with Crippen LogP contribution in [0.2, 0.25) is 0 Å². The Labute approximate surface area is 160 Å². The minimum absolute atomic E-state index is 0.119. The number of rotatable bonds is 4. The van der Waals surface area contributed by atoms with Crippen molar-refractivity contribution >= 4 is 33.5 Å². The van der Waals surface area contributed by atoms with Crippen LogP contribution in [-0.4, -0.2) is 30.2 Å². The van der Waals surface area contributed by atoms with Gasteiger partial charge in [-0.15, -0.1) is 0 Å². The summed E-state index contributed by atoms with van der Waals surface area (Å²) in [6.45, 7) is 5.66. The maximum absolute atomic E-state index is 12.7. The van der Waals surface area contributed by atoms with E-state index in [2.05, 4.69) is 20.4 Å². The van der Waals surface area contributed by atoms with Crippen molar-refractivity contribution in [1.29, 1.82) is 0 Å². The molecule has 1 aromatic carbocycles. The molecule has 8 heteroatoms. The Morgan fingerprint density at radius 3 is 2.79 bits per heavy atom. The van der Waals surface area contributed by atoms with Crippen LogP contribution in [0, 0.1) is 6.92 Å². The van der Waals surface area contributed by atoms with Gasteiger partial charge in [0.25, 0.3) is 5.56 Å². The molecule has 0 unspecified atom stereocenters. The van der Waals surface area contributed by atoms with Crippen molar-refractivity contribution in [2.45, 2.75) is 33.4 Å². The number of carbonyl (C=O) groups excluding carboxylic acids is 1. The van der Waals surface area contributed by atoms with E-state index in [0.717, 1.165) is 11.0 Å². The second-order valence-electron chi connectivity index (χ2n) is 6.94. The maximum Gasteiger partial charge on any atom is 0.261 e. The molecule has 0 aliphatic heterocycles. The van der Waals surface area contributed by atoms with Gasteiger partial charge in [0.2, 0.25) is 5.91 Å². The molecule has 3 heterocycles. The fourth-order valence-electron chi connectivity index (χ4n) is 3.20. The van der Waals surface area contributed by atoms with Gasteiger partial charge in [-0.2, -0.15) is 5.10 Å². The first-order valence-corrected chi connectivity index (χ1v) is 9.03. The zero-order valence-corrected chi connectivity index (χ0v) is 15.9. The zero-order valence-electron chi connectivity index (χ0n) is 15.9. The number of hydrogen-bond acceptors (Lipinski definition) is 5. The van der Waals surface area contributed by atoms with Gasteiger partial charge in [0.1, 0.15) is 12.4 Å². The number of nitrogens with one attached hydrogen (secondary N) is 1. The largest absolute Gasteiger partial charge is 0.323 e. The average Bonchev–Trinajstić information content (AvgIpc) is 3.08. The molecule has 0 bridgehead atoms. The summed E-state index contributed by atoms with van der Waals surface area (Å²) >= 11 is 0. The quantitative estimate of drug-likeness (QED) is 0.591. The molecule has 0 saturated heterocycles. The second kappa shape index (κ2) is 6.88. The molecule has 142 valence electrons. The van der Waals surface area contributed by atoms with E-state index in [-0.39, 0.29) is 24.1 Å². The molecule has 1 amide bonds. The Kier molecular flexibility index (Phi) is 4.38. The minimum atomic E-state index is -0.320. The third-order valence-corrected chi connectivity index (χ3v) is 4.56. The fourth-order valence-corrected chi connectivity index (χ4v) is 3.20. The lowest BCUT2D eigenvalue weighted by molar-refractivity contribution is -0.116. The van der Waals surface area contributed by atoms with E-state index in [1.54, 1.807) is 37.5 Å². The molecule has 0 radical (unpaired) electrons. The number of fused-ring (bicyclic) bond motifs is 2. The number of hydrogen-bond donors (Lipinski definition) is 1. The minimum Gasteiger partial charge on any atom is -0.323 e. The topological polar surface area (TPSA) is 94.7 Å². The average molecular weight is 376 g/mol. The Balaban J connectivity index is 1.59. The molecular weight excluding hydrogens is 356 g/mol. The highest BCUT2D eigenvalue weighted by molar-refractivity contribution is 5.92. The van der Waals surface area contributed by atoms with E-state index in [1.165, 1.54) is 4.57 Å². The Hall–Kier alpha value is -3.55. The van der Waals surface area contributed by atoms with Crippen molar-refractivity contribution in [1.82, 2.24) is 24.3 Å². The standard InChI is InChI=1S/C20H20N6O2/c1-12(2)26-19-14(9-22-26)8-15(10-21-19)24-18(27)11-25-13(3)23-17-7-5-4-6-16(17)20(25)28/h4-10,12H,11H2,1-3H3,(H,24,27). The number of anilines is 1. The van der Waals surface area contributed by atoms with Crippen LogP contribution in [0.3, 0.4) is 0 Å². The Morgan fingerprint density at radius 2 is 2.00 bits per heavy atom. The molecule has 0 aliphatic carbocycles. The summed E-state index contributed by atoms with van der Waals surface area (Å²) < 4.78 is 3.20. The highest BCUT2D eigenvalue weighted by Gasteiger charge is 2.13. The van der Waals surface area contributed by atoms with E-state index >= 15 is 0 Å². The SMILES string of the molecule is Cc1nc2ccccc2c(=O)n1CC(=O)Nc1cnc2c(cnn2C(C)C)c1. The van der Waals surface area contributed by atoms with Gasteiger partial charge >= 0.3 is 0 Å². The maximum atomic E-state index is 12.7. The molecule has 1 N–H and O–H groups in total. The van der Waals surface area contributed by atoms with Crippen LogP contribution >= 0.6 is 0 Å². The van der Waals surface area contributed by atoms with Gasteiger partial charge in [-0.3, -0.25) is 14.2 Å². The molecule has 8 nitrogen and oxygen atoms in total. The van der Waals surface area contributed by atoms with E-state index < -0.39 is 0 Å². The third-order valence-electron chi connectivity index (χ3n) is 4.56. The summed E-state index contributed by atoms with van der Waals surface area (Å²) in [4.78, 5) is 34.0. The lowest BCUT2D eigenvalue weighted by Crippen LogP contribution is -2.30. The first-order valence-electron chi connectivity index (χ1n) is 9.03. The summed E-state index contributed by atoms with van der Waals surface area (Å²) in [7, 11) is 0. The number of nitrogens with zero attached hydrogens (tertiary/aromatic N) is 5. The van der Waals surface area contributed by atoms with Crippen molar-refractivity contribution in [3.8, 4) is 0 Å². The smallest absolute Gasteiger partial charge is 0.261 e. The van der Waals surface area contributed by atoms with Crippen molar-refractivity contribution in [2.75, 3.05) is 5.32 Å². The van der Waals surface area contributed by atoms with Gasteiger partial charge < -0.3 is 5.32 Å². The number of aryl methyl sites for hydroxylation is 1. The number of benzene rings is 1. The highest BCUT2D eigenvalue weighted by atomic mass is 16.2. The summed E-state index contributed by atoms with van der Waals surface area (Å²) in [5.41, 5.74) is 1.71. The first-order chi connectivity index (χ1) is 13.4. The van der Waals surface area contributed by atoms with Crippen molar-refractivity contribution in [3.63, 3.8) is 0 Å². The van der Waals surface area contributed by atoms with Gasteiger partial charge in [-0.05, 0) is 39.0 Å². The van der Waals surface area contributed by atoms with Crippen LogP contribution in [0.1, 0.15) is 25.7 Å². The van der Waals surface area contributed by atoms with Crippen LogP contribution in [-0.2, 0) is 11.3 Å². The zero-order chi connectivity index (χ0) is 19.8. The first kappa shape index (κ1) is 17.8. The Bertz CT molecular complexity index is 1250. The molecule has 3 aromatic heterocycles. The number of carbonyl (C=O) groups is 1. The molecule has 0 saturated carbocycles. The number of amides is 1. The Morgan fingerprint density at radius 1 is 1.21 bits per heavy atom. The number of para-hydroxylation sites is 1. The van der Waals surface area contributed by atoms with E-state index in [0.29, 0.717) is 22.4 Å². The number of pyridine rings is 1. The van der Waals surface area contributed by atoms with Gasteiger partial charge in [-0.25, -0.2) is 14.6 Å². The predicted octanol–water partition coefficient (Wildman–Crippen LogP) is 2.67. The molecule has 4 rings (SSSR count). The van der Waals surface area contributed by atoms with Gasteiger partial charge in [0.15, 0.2) is 5.65 Å². The normalized spacial score (nSPS) is 11.4. The second-order valence-corrected chi connectivity index (χ2v) is 6.94. The van der Waals surface area contributed by atoms with Gasteiger partial charge in [0, 0.05) is 11.4 Å². The van der Waals surface area contributed by atoms with E-state index in [9.17, 15) is 9.59 Å². The summed E-state index contributed by atoms with van der Waals surface area (Å²) in [6, 6.07) is 9.12. The number of aromatic nitrogens is 5. The molecule has 4 aromatic rings. The highest BCUT2D eigenvalue weighted by Crippen LogP contribution is 2.19. The molecular formula is C20H20N6O2. The summed E-state index contributed by atoms with van der Waals surface area (Å²) in [6.07, 6.45) is 3.31. The third kappa shape index (κ3) is 3.13. The van der Waals surface area contributed by atoms with E-state index in [4.69, 9.17) is 0 Å². The lowest BCUT2D eigenvalue weighted by Gasteiger charge is -2.11.